The zero-order chi connectivity index (χ0) is 8.55. The number of fused-ring (bicyclic) bond motifs is 1. The predicted molar refractivity (Wildman–Crippen MR) is 54.6 cm³/mol. The second-order valence-corrected chi connectivity index (χ2v) is 3.97. The van der Waals surface area contributed by atoms with E-state index in [1.165, 1.54) is 10.1 Å². The Morgan fingerprint density at radius 3 is 2.83 bits per heavy atom. The molecule has 3 heteroatoms. The fraction of sp³-hybridized carbons (Fsp3) is 0.111. The largest absolute Gasteiger partial charge is 0.312 e. The summed E-state index contributed by atoms with van der Waals surface area (Å²) < 4.78 is 1.24. The standard InChI is InChI=1S/C9H8ClNS/c10-9(11)7-5-12-8-4-2-1-3-6(7)8/h1-5,9H,11H2. The quantitative estimate of drug-likeness (QED) is 0.552. The van der Waals surface area contributed by atoms with Gasteiger partial charge < -0.3 is 5.73 Å². The van der Waals surface area contributed by atoms with Crippen LogP contribution in [0.1, 0.15) is 11.1 Å². The molecule has 1 heterocycles. The smallest absolute Gasteiger partial charge is 0.107 e. The van der Waals surface area contributed by atoms with Crippen LogP contribution >= 0.6 is 22.9 Å². The molecule has 62 valence electrons. The molecule has 12 heavy (non-hydrogen) atoms. The minimum atomic E-state index is -0.388. The van der Waals surface area contributed by atoms with Gasteiger partial charge in [0.25, 0.3) is 0 Å². The van der Waals surface area contributed by atoms with Gasteiger partial charge >= 0.3 is 0 Å². The van der Waals surface area contributed by atoms with Gasteiger partial charge in [0.05, 0.1) is 0 Å². The molecule has 0 aliphatic heterocycles. The molecule has 0 aliphatic carbocycles. The molecule has 0 aliphatic rings. The molecule has 1 unspecified atom stereocenters. The molecule has 0 bridgehead atoms. The Balaban J connectivity index is 2.70. The summed E-state index contributed by atoms with van der Waals surface area (Å²) in [6.07, 6.45) is 0. The monoisotopic (exact) mass is 197 g/mol. The second-order valence-electron chi connectivity index (χ2n) is 2.59. The van der Waals surface area contributed by atoms with Gasteiger partial charge in [-0.3, -0.25) is 0 Å². The van der Waals surface area contributed by atoms with Crippen LogP contribution in [0.4, 0.5) is 0 Å². The van der Waals surface area contributed by atoms with E-state index in [0.717, 1.165) is 5.56 Å². The maximum atomic E-state index is 5.81. The van der Waals surface area contributed by atoms with Crippen LogP contribution in [-0.2, 0) is 0 Å². The summed E-state index contributed by atoms with van der Waals surface area (Å²) in [5.41, 5.74) is 6.23. The number of thiophene rings is 1. The zero-order valence-corrected chi connectivity index (χ0v) is 7.90. The first kappa shape index (κ1) is 8.05. The van der Waals surface area contributed by atoms with Crippen molar-refractivity contribution in [2.45, 2.75) is 5.50 Å². The van der Waals surface area contributed by atoms with Crippen LogP contribution in [0.25, 0.3) is 10.1 Å². The molecule has 0 spiro atoms. The Bertz CT molecular complexity index is 394. The minimum absolute atomic E-state index is 0.388. The SMILES string of the molecule is NC(Cl)c1csc2ccccc12. The van der Waals surface area contributed by atoms with E-state index in [9.17, 15) is 0 Å². The normalized spacial score (nSPS) is 13.5. The van der Waals surface area contributed by atoms with Crippen LogP contribution < -0.4 is 5.73 Å². The number of alkyl halides is 1. The van der Waals surface area contributed by atoms with E-state index < -0.39 is 0 Å². The summed E-state index contributed by atoms with van der Waals surface area (Å²) in [5.74, 6) is 0. The van der Waals surface area contributed by atoms with E-state index in [1.54, 1.807) is 11.3 Å². The average molecular weight is 198 g/mol. The highest BCUT2D eigenvalue weighted by Crippen LogP contribution is 2.30. The summed E-state index contributed by atoms with van der Waals surface area (Å²) in [5, 5.41) is 3.19. The van der Waals surface area contributed by atoms with Crippen molar-refractivity contribution in [1.82, 2.24) is 0 Å². The third kappa shape index (κ3) is 1.22. The molecular formula is C9H8ClNS. The molecular weight excluding hydrogens is 190 g/mol. The molecule has 0 fully saturated rings. The molecule has 0 saturated heterocycles. The van der Waals surface area contributed by atoms with Gasteiger partial charge in [0, 0.05) is 10.3 Å². The van der Waals surface area contributed by atoms with Crippen molar-refractivity contribution in [3.8, 4) is 0 Å². The van der Waals surface area contributed by atoms with E-state index in [1.807, 2.05) is 23.6 Å². The highest BCUT2D eigenvalue weighted by Gasteiger charge is 2.07. The van der Waals surface area contributed by atoms with Crippen molar-refractivity contribution in [3.05, 3.63) is 35.2 Å². The van der Waals surface area contributed by atoms with Crippen LogP contribution in [0.3, 0.4) is 0 Å². The lowest BCUT2D eigenvalue weighted by molar-refractivity contribution is 1.04. The third-order valence-electron chi connectivity index (χ3n) is 1.81. The molecule has 1 aromatic carbocycles. The van der Waals surface area contributed by atoms with Crippen LogP contribution in [0, 0.1) is 0 Å². The van der Waals surface area contributed by atoms with Gasteiger partial charge in [-0.1, -0.05) is 18.2 Å². The summed E-state index contributed by atoms with van der Waals surface area (Å²) >= 11 is 7.49. The van der Waals surface area contributed by atoms with Crippen molar-refractivity contribution in [2.24, 2.45) is 5.73 Å². The highest BCUT2D eigenvalue weighted by molar-refractivity contribution is 7.17. The topological polar surface area (TPSA) is 26.0 Å². The van der Waals surface area contributed by atoms with Crippen LogP contribution in [-0.4, -0.2) is 0 Å². The van der Waals surface area contributed by atoms with Gasteiger partial charge in [0.1, 0.15) is 5.50 Å². The molecule has 0 radical (unpaired) electrons. The van der Waals surface area contributed by atoms with Gasteiger partial charge in [-0.15, -0.1) is 22.9 Å². The third-order valence-corrected chi connectivity index (χ3v) is 3.02. The molecule has 2 N–H and O–H groups in total. The fourth-order valence-corrected chi connectivity index (χ4v) is 2.46. The van der Waals surface area contributed by atoms with Crippen molar-refractivity contribution < 1.29 is 0 Å². The molecule has 1 nitrogen and oxygen atoms in total. The molecule has 0 saturated carbocycles. The Kier molecular flexibility index (Phi) is 2.05. The molecule has 1 atom stereocenters. The number of halogens is 1. The first-order chi connectivity index (χ1) is 5.79. The molecule has 2 aromatic rings. The predicted octanol–water partition coefficient (Wildman–Crippen LogP) is 3.10. The Morgan fingerprint density at radius 2 is 2.08 bits per heavy atom. The highest BCUT2D eigenvalue weighted by atomic mass is 35.5. The maximum absolute atomic E-state index is 5.81. The lowest BCUT2D eigenvalue weighted by atomic mass is 10.2. The van der Waals surface area contributed by atoms with E-state index in [4.69, 9.17) is 17.3 Å². The first-order valence-corrected chi connectivity index (χ1v) is 4.96. The second kappa shape index (κ2) is 3.05. The lowest BCUT2D eigenvalue weighted by Crippen LogP contribution is -2.00. The Hall–Kier alpha value is -0.570. The van der Waals surface area contributed by atoms with Crippen molar-refractivity contribution in [2.75, 3.05) is 0 Å². The summed E-state index contributed by atoms with van der Waals surface area (Å²) in [7, 11) is 0. The first-order valence-electron chi connectivity index (χ1n) is 3.65. The fourth-order valence-electron chi connectivity index (χ4n) is 1.21. The van der Waals surface area contributed by atoms with Gasteiger partial charge in [0.15, 0.2) is 0 Å². The van der Waals surface area contributed by atoms with Crippen LogP contribution in [0.15, 0.2) is 29.6 Å². The van der Waals surface area contributed by atoms with Gasteiger partial charge in [-0.2, -0.15) is 0 Å². The Labute approximate surface area is 79.8 Å². The number of rotatable bonds is 1. The van der Waals surface area contributed by atoms with Crippen molar-refractivity contribution in [3.63, 3.8) is 0 Å². The zero-order valence-electron chi connectivity index (χ0n) is 6.33. The van der Waals surface area contributed by atoms with Gasteiger partial charge in [-0.05, 0) is 16.8 Å². The van der Waals surface area contributed by atoms with E-state index in [2.05, 4.69) is 6.07 Å². The molecule has 2 rings (SSSR count). The average Bonchev–Trinajstić information content (AvgIpc) is 2.47. The van der Waals surface area contributed by atoms with Gasteiger partial charge in [0.2, 0.25) is 0 Å². The number of hydrogen-bond donors (Lipinski definition) is 1. The minimum Gasteiger partial charge on any atom is -0.312 e. The van der Waals surface area contributed by atoms with Crippen LogP contribution in [0.2, 0.25) is 0 Å². The molecule has 0 amide bonds. The summed E-state index contributed by atoms with van der Waals surface area (Å²) in [4.78, 5) is 0. The number of hydrogen-bond acceptors (Lipinski definition) is 2. The summed E-state index contributed by atoms with van der Waals surface area (Å²) in [6.45, 7) is 0. The Morgan fingerprint density at radius 1 is 1.33 bits per heavy atom. The number of benzene rings is 1. The van der Waals surface area contributed by atoms with Gasteiger partial charge in [-0.25, -0.2) is 0 Å². The van der Waals surface area contributed by atoms with E-state index >= 15 is 0 Å². The maximum Gasteiger partial charge on any atom is 0.107 e. The van der Waals surface area contributed by atoms with Crippen molar-refractivity contribution >= 4 is 33.0 Å². The summed E-state index contributed by atoms with van der Waals surface area (Å²) in [6, 6.07) is 8.13. The van der Waals surface area contributed by atoms with E-state index in [0.29, 0.717) is 0 Å². The van der Waals surface area contributed by atoms with Crippen LogP contribution in [0.5, 0.6) is 0 Å². The molecule has 1 aromatic heterocycles. The van der Waals surface area contributed by atoms with Crippen molar-refractivity contribution in [1.29, 1.82) is 0 Å². The van der Waals surface area contributed by atoms with E-state index in [-0.39, 0.29) is 5.50 Å². The number of nitrogens with two attached hydrogens (primary N) is 1. The lowest BCUT2D eigenvalue weighted by Gasteiger charge is -1.99.